The Balaban J connectivity index is 2.16. The summed E-state index contributed by atoms with van der Waals surface area (Å²) in [6, 6.07) is 3.31. The number of amides is 2. The molecular formula is C14H18N4O3. The maximum atomic E-state index is 12.2. The lowest BCUT2D eigenvalue weighted by Gasteiger charge is -2.03. The van der Waals surface area contributed by atoms with E-state index in [1.54, 1.807) is 47.8 Å². The van der Waals surface area contributed by atoms with Crippen molar-refractivity contribution in [1.29, 1.82) is 0 Å². The average Bonchev–Trinajstić information content (AvgIpc) is 2.91. The Morgan fingerprint density at radius 2 is 1.71 bits per heavy atom. The average molecular weight is 290 g/mol. The van der Waals surface area contributed by atoms with Gasteiger partial charge in [-0.1, -0.05) is 0 Å². The molecule has 21 heavy (non-hydrogen) atoms. The summed E-state index contributed by atoms with van der Waals surface area (Å²) in [6.45, 7) is 1.32. The van der Waals surface area contributed by atoms with Crippen LogP contribution in [0.4, 0.5) is 11.4 Å². The monoisotopic (exact) mass is 290 g/mol. The van der Waals surface area contributed by atoms with Crippen LogP contribution in [0, 0.1) is 0 Å². The fourth-order valence-corrected chi connectivity index (χ4v) is 2.09. The summed E-state index contributed by atoms with van der Waals surface area (Å²) in [7, 11) is 3.52. The molecule has 2 heterocycles. The van der Waals surface area contributed by atoms with Gasteiger partial charge in [0.05, 0.1) is 18.0 Å². The van der Waals surface area contributed by atoms with Crippen LogP contribution in [-0.4, -0.2) is 26.1 Å². The van der Waals surface area contributed by atoms with Gasteiger partial charge in [-0.3, -0.25) is 9.59 Å². The largest absolute Gasteiger partial charge is 0.390 e. The third-order valence-electron chi connectivity index (χ3n) is 3.09. The van der Waals surface area contributed by atoms with E-state index in [-0.39, 0.29) is 18.4 Å². The molecule has 3 N–H and O–H groups in total. The molecule has 0 unspecified atom stereocenters. The highest BCUT2D eigenvalue weighted by Crippen LogP contribution is 2.17. The first kappa shape index (κ1) is 14.9. The summed E-state index contributed by atoms with van der Waals surface area (Å²) in [5.74, 6) is -0.479. The Bertz CT molecular complexity index is 684. The number of aryl methyl sites for hydroxylation is 2. The number of aromatic nitrogens is 2. The molecule has 0 aliphatic rings. The SMILES string of the molecule is CC(=O)Nc1cc(C(=O)Nc2cc(CO)n(C)c2)n(C)c1. The van der Waals surface area contributed by atoms with Gasteiger partial charge in [0, 0.05) is 39.1 Å². The first-order valence-corrected chi connectivity index (χ1v) is 6.42. The first-order valence-electron chi connectivity index (χ1n) is 6.42. The number of aliphatic hydroxyl groups is 1. The lowest BCUT2D eigenvalue weighted by atomic mass is 10.3. The predicted octanol–water partition coefficient (Wildman–Crippen LogP) is 1.07. The Labute approximate surface area is 122 Å². The number of anilines is 2. The van der Waals surface area contributed by atoms with Gasteiger partial charge in [-0.2, -0.15) is 0 Å². The number of nitrogens with one attached hydrogen (secondary N) is 2. The van der Waals surface area contributed by atoms with Crippen LogP contribution >= 0.6 is 0 Å². The fourth-order valence-electron chi connectivity index (χ4n) is 2.09. The van der Waals surface area contributed by atoms with Crippen LogP contribution in [0.3, 0.4) is 0 Å². The second-order valence-corrected chi connectivity index (χ2v) is 4.85. The summed E-state index contributed by atoms with van der Waals surface area (Å²) >= 11 is 0. The molecule has 0 saturated carbocycles. The first-order chi connectivity index (χ1) is 9.90. The summed E-state index contributed by atoms with van der Waals surface area (Å²) < 4.78 is 3.37. The molecule has 0 spiro atoms. The van der Waals surface area contributed by atoms with E-state index >= 15 is 0 Å². The van der Waals surface area contributed by atoms with Crippen molar-refractivity contribution in [2.75, 3.05) is 10.6 Å². The highest BCUT2D eigenvalue weighted by atomic mass is 16.3. The van der Waals surface area contributed by atoms with Crippen LogP contribution in [0.25, 0.3) is 0 Å². The number of hydrogen-bond acceptors (Lipinski definition) is 3. The van der Waals surface area contributed by atoms with Gasteiger partial charge in [-0.15, -0.1) is 0 Å². The Morgan fingerprint density at radius 1 is 1.10 bits per heavy atom. The molecule has 7 nitrogen and oxygen atoms in total. The lowest BCUT2D eigenvalue weighted by Crippen LogP contribution is -2.14. The maximum Gasteiger partial charge on any atom is 0.272 e. The van der Waals surface area contributed by atoms with Gasteiger partial charge in [0.1, 0.15) is 5.69 Å². The Hall–Kier alpha value is -2.54. The molecule has 0 aromatic carbocycles. The van der Waals surface area contributed by atoms with Crippen molar-refractivity contribution in [2.45, 2.75) is 13.5 Å². The highest BCUT2D eigenvalue weighted by molar-refractivity contribution is 6.04. The summed E-state index contributed by atoms with van der Waals surface area (Å²) in [6.07, 6.45) is 3.39. The van der Waals surface area contributed by atoms with E-state index in [0.717, 1.165) is 0 Å². The third kappa shape index (κ3) is 3.32. The van der Waals surface area contributed by atoms with Gasteiger partial charge in [0.25, 0.3) is 5.91 Å². The molecule has 7 heteroatoms. The van der Waals surface area contributed by atoms with E-state index in [1.165, 1.54) is 6.92 Å². The summed E-state index contributed by atoms with van der Waals surface area (Å²) in [4.78, 5) is 23.2. The lowest BCUT2D eigenvalue weighted by molar-refractivity contribution is -0.114. The second kappa shape index (κ2) is 5.84. The zero-order valence-electron chi connectivity index (χ0n) is 12.2. The van der Waals surface area contributed by atoms with Crippen molar-refractivity contribution in [1.82, 2.24) is 9.13 Å². The van der Waals surface area contributed by atoms with Gasteiger partial charge in [-0.05, 0) is 12.1 Å². The molecule has 0 fully saturated rings. The second-order valence-electron chi connectivity index (χ2n) is 4.85. The van der Waals surface area contributed by atoms with Gasteiger partial charge >= 0.3 is 0 Å². The molecule has 0 saturated heterocycles. The van der Waals surface area contributed by atoms with Crippen molar-refractivity contribution in [3.63, 3.8) is 0 Å². The van der Waals surface area contributed by atoms with Crippen LogP contribution in [-0.2, 0) is 25.5 Å². The number of carbonyl (C=O) groups is 2. The molecule has 2 aromatic heterocycles. The fraction of sp³-hybridized carbons (Fsp3) is 0.286. The van der Waals surface area contributed by atoms with E-state index in [1.807, 2.05) is 0 Å². The smallest absolute Gasteiger partial charge is 0.272 e. The number of nitrogens with zero attached hydrogens (tertiary/aromatic N) is 2. The van der Waals surface area contributed by atoms with E-state index in [4.69, 9.17) is 5.11 Å². The van der Waals surface area contributed by atoms with Gasteiger partial charge in [-0.25, -0.2) is 0 Å². The minimum absolute atomic E-state index is 0.0940. The molecule has 2 aromatic rings. The van der Waals surface area contributed by atoms with Crippen molar-refractivity contribution in [3.05, 3.63) is 35.9 Å². The highest BCUT2D eigenvalue weighted by Gasteiger charge is 2.14. The minimum Gasteiger partial charge on any atom is -0.390 e. The predicted molar refractivity (Wildman–Crippen MR) is 79.0 cm³/mol. The molecular weight excluding hydrogens is 272 g/mol. The molecule has 0 atom stereocenters. The third-order valence-corrected chi connectivity index (χ3v) is 3.09. The normalized spacial score (nSPS) is 10.5. The number of carbonyl (C=O) groups excluding carboxylic acids is 2. The van der Waals surface area contributed by atoms with E-state index < -0.39 is 0 Å². The van der Waals surface area contributed by atoms with E-state index in [0.29, 0.717) is 22.8 Å². The van der Waals surface area contributed by atoms with Crippen LogP contribution in [0.15, 0.2) is 24.5 Å². The van der Waals surface area contributed by atoms with Crippen LogP contribution < -0.4 is 10.6 Å². The van der Waals surface area contributed by atoms with Crippen LogP contribution in [0.1, 0.15) is 23.1 Å². The Kier molecular flexibility index (Phi) is 4.13. The molecule has 2 rings (SSSR count). The van der Waals surface area contributed by atoms with E-state index in [2.05, 4.69) is 10.6 Å². The van der Waals surface area contributed by atoms with E-state index in [9.17, 15) is 9.59 Å². The summed E-state index contributed by atoms with van der Waals surface area (Å²) in [5, 5.41) is 14.5. The van der Waals surface area contributed by atoms with Crippen molar-refractivity contribution >= 4 is 23.2 Å². The van der Waals surface area contributed by atoms with Gasteiger partial charge in [0.2, 0.25) is 5.91 Å². The van der Waals surface area contributed by atoms with Crippen LogP contribution in [0.5, 0.6) is 0 Å². The zero-order chi connectivity index (χ0) is 15.6. The molecule has 0 aliphatic carbocycles. The number of rotatable bonds is 4. The molecule has 112 valence electrons. The molecule has 2 amide bonds. The summed E-state index contributed by atoms with van der Waals surface area (Å²) in [5.41, 5.74) is 2.30. The van der Waals surface area contributed by atoms with Crippen molar-refractivity contribution in [3.8, 4) is 0 Å². The van der Waals surface area contributed by atoms with Gasteiger partial charge in [0.15, 0.2) is 0 Å². The Morgan fingerprint density at radius 3 is 2.29 bits per heavy atom. The van der Waals surface area contributed by atoms with Crippen LogP contribution in [0.2, 0.25) is 0 Å². The van der Waals surface area contributed by atoms with Crippen molar-refractivity contribution in [2.24, 2.45) is 14.1 Å². The quantitative estimate of drug-likeness (QED) is 0.787. The zero-order valence-corrected chi connectivity index (χ0v) is 12.2. The molecule has 0 radical (unpaired) electrons. The molecule has 0 aliphatic heterocycles. The number of aliphatic hydroxyl groups excluding tert-OH is 1. The molecule has 0 bridgehead atoms. The number of hydrogen-bond donors (Lipinski definition) is 3. The standard InChI is InChI=1S/C14H18N4O3/c1-9(20)15-11-5-13(18(3)7-11)14(21)16-10-4-12(8-19)17(2)6-10/h4-7,19H,8H2,1-3H3,(H,15,20)(H,16,21). The maximum absolute atomic E-state index is 12.2. The topological polar surface area (TPSA) is 88.3 Å². The van der Waals surface area contributed by atoms with Gasteiger partial charge < -0.3 is 24.9 Å². The van der Waals surface area contributed by atoms with Crippen molar-refractivity contribution < 1.29 is 14.7 Å². The minimum atomic E-state index is -0.288.